The van der Waals surface area contributed by atoms with Crippen molar-refractivity contribution in [1.29, 1.82) is 0 Å². The maximum atomic E-state index is 10.9. The highest BCUT2D eigenvalue weighted by atomic mass is 79.9. The molecular weight excluding hydrogens is 535 g/mol. The first kappa shape index (κ1) is 24.8. The lowest BCUT2D eigenvalue weighted by molar-refractivity contribution is -0.384. The van der Waals surface area contributed by atoms with Gasteiger partial charge in [0, 0.05) is 37.8 Å². The molecule has 3 rings (SSSR count). The second-order valence-electron chi connectivity index (χ2n) is 6.71. The van der Waals surface area contributed by atoms with Gasteiger partial charge < -0.3 is 14.3 Å². The van der Waals surface area contributed by atoms with Crippen LogP contribution in [0.5, 0.6) is 11.5 Å². The topological polar surface area (TPSA) is 83.2 Å². The van der Waals surface area contributed by atoms with E-state index in [1.54, 1.807) is 42.5 Å². The maximum Gasteiger partial charge on any atom is 0.269 e. The van der Waals surface area contributed by atoms with Gasteiger partial charge in [-0.3, -0.25) is 10.1 Å². The van der Waals surface area contributed by atoms with E-state index in [1.807, 2.05) is 6.92 Å². The van der Waals surface area contributed by atoms with Gasteiger partial charge in [0.15, 0.2) is 11.5 Å². The average Bonchev–Trinajstić information content (AvgIpc) is 2.78. The fraction of sp³-hybridized carbons (Fsp3) is 0.174. The standard InChI is InChI=1S/C23H19BrCl2N2O5/c1-2-31-22-9-17(12-27-33-13-15-4-3-5-19(8-15)28(29)30)20(24)11-23(22)32-14-16-6-7-18(25)10-21(16)26/h3-12H,2,13-14H2,1H3/b27-12-. The quantitative estimate of drug-likeness (QED) is 0.151. The second kappa shape index (κ2) is 11.9. The average molecular weight is 554 g/mol. The zero-order valence-electron chi connectivity index (χ0n) is 17.5. The zero-order valence-corrected chi connectivity index (χ0v) is 20.6. The van der Waals surface area contributed by atoms with Gasteiger partial charge >= 0.3 is 0 Å². The highest BCUT2D eigenvalue weighted by Crippen LogP contribution is 2.34. The van der Waals surface area contributed by atoms with Gasteiger partial charge in [-0.25, -0.2) is 0 Å². The number of oxime groups is 1. The molecule has 0 aliphatic heterocycles. The van der Waals surface area contributed by atoms with Crippen LogP contribution in [0.3, 0.4) is 0 Å². The Morgan fingerprint density at radius 1 is 1.06 bits per heavy atom. The Labute approximate surface area is 209 Å². The lowest BCUT2D eigenvalue weighted by Crippen LogP contribution is -2.01. The molecule has 0 heterocycles. The highest BCUT2D eigenvalue weighted by molar-refractivity contribution is 9.10. The van der Waals surface area contributed by atoms with Crippen LogP contribution in [-0.4, -0.2) is 17.7 Å². The normalized spacial score (nSPS) is 10.9. The van der Waals surface area contributed by atoms with Crippen LogP contribution in [0.1, 0.15) is 23.6 Å². The molecule has 0 aromatic heterocycles. The first-order valence-corrected chi connectivity index (χ1v) is 11.3. The van der Waals surface area contributed by atoms with Crippen molar-refractivity contribution in [3.8, 4) is 11.5 Å². The fourth-order valence-corrected chi connectivity index (χ4v) is 3.68. The van der Waals surface area contributed by atoms with E-state index in [9.17, 15) is 10.1 Å². The molecule has 0 saturated carbocycles. The Balaban J connectivity index is 1.69. The third kappa shape index (κ3) is 7.08. The van der Waals surface area contributed by atoms with E-state index in [1.165, 1.54) is 18.3 Å². The van der Waals surface area contributed by atoms with Gasteiger partial charge in [0.25, 0.3) is 5.69 Å². The van der Waals surface area contributed by atoms with Crippen LogP contribution in [0.25, 0.3) is 0 Å². The van der Waals surface area contributed by atoms with Crippen LogP contribution in [-0.2, 0) is 18.1 Å². The van der Waals surface area contributed by atoms with Crippen molar-refractivity contribution >= 4 is 51.0 Å². The summed E-state index contributed by atoms with van der Waals surface area (Å²) >= 11 is 15.7. The van der Waals surface area contributed by atoms with Crippen molar-refractivity contribution in [3.63, 3.8) is 0 Å². The third-order valence-corrected chi connectivity index (χ3v) is 5.65. The molecule has 10 heteroatoms. The Hall–Kier alpha value is -2.81. The van der Waals surface area contributed by atoms with E-state index >= 15 is 0 Å². The molecule has 0 saturated heterocycles. The van der Waals surface area contributed by atoms with E-state index in [2.05, 4.69) is 21.1 Å². The molecular formula is C23H19BrCl2N2O5. The Morgan fingerprint density at radius 2 is 1.85 bits per heavy atom. The van der Waals surface area contributed by atoms with Crippen molar-refractivity contribution in [3.05, 3.63) is 95.9 Å². The van der Waals surface area contributed by atoms with Gasteiger partial charge in [-0.2, -0.15) is 0 Å². The fourth-order valence-electron chi connectivity index (χ4n) is 2.79. The molecule has 0 radical (unpaired) electrons. The number of nitro groups is 1. The molecule has 172 valence electrons. The lowest BCUT2D eigenvalue weighted by atomic mass is 10.2. The molecule has 0 atom stereocenters. The van der Waals surface area contributed by atoms with Crippen molar-refractivity contribution in [2.75, 3.05) is 6.61 Å². The van der Waals surface area contributed by atoms with Gasteiger partial charge in [-0.1, -0.05) is 46.6 Å². The molecule has 0 bridgehead atoms. The van der Waals surface area contributed by atoms with Gasteiger partial charge in [0.1, 0.15) is 13.2 Å². The van der Waals surface area contributed by atoms with Crippen LogP contribution < -0.4 is 9.47 Å². The number of benzene rings is 3. The monoisotopic (exact) mass is 552 g/mol. The number of halogens is 3. The number of hydrogen-bond acceptors (Lipinski definition) is 6. The van der Waals surface area contributed by atoms with E-state index in [4.69, 9.17) is 37.5 Å². The highest BCUT2D eigenvalue weighted by Gasteiger charge is 2.12. The minimum atomic E-state index is -0.455. The molecule has 0 aliphatic carbocycles. The summed E-state index contributed by atoms with van der Waals surface area (Å²) in [5.74, 6) is 1.07. The smallest absolute Gasteiger partial charge is 0.269 e. The summed E-state index contributed by atoms with van der Waals surface area (Å²) in [6.45, 7) is 2.65. The number of nitrogens with zero attached hydrogens (tertiary/aromatic N) is 2. The summed E-state index contributed by atoms with van der Waals surface area (Å²) in [6.07, 6.45) is 1.52. The summed E-state index contributed by atoms with van der Waals surface area (Å²) < 4.78 is 12.4. The second-order valence-corrected chi connectivity index (χ2v) is 8.41. The number of ether oxygens (including phenoxy) is 2. The predicted octanol–water partition coefficient (Wildman–Crippen LogP) is 7.19. The molecule has 0 aliphatic rings. The summed E-state index contributed by atoms with van der Waals surface area (Å²) in [5.41, 5.74) is 2.13. The number of non-ortho nitro benzene ring substituents is 1. The van der Waals surface area contributed by atoms with E-state index in [0.717, 1.165) is 5.56 Å². The molecule has 0 amide bonds. The van der Waals surface area contributed by atoms with Crippen molar-refractivity contribution in [2.45, 2.75) is 20.1 Å². The molecule has 0 N–H and O–H groups in total. The minimum Gasteiger partial charge on any atom is -0.490 e. The van der Waals surface area contributed by atoms with Crippen LogP contribution in [0.2, 0.25) is 10.0 Å². The summed E-state index contributed by atoms with van der Waals surface area (Å²) in [4.78, 5) is 15.7. The molecule has 33 heavy (non-hydrogen) atoms. The van der Waals surface area contributed by atoms with E-state index in [0.29, 0.717) is 43.8 Å². The molecule has 0 unspecified atom stereocenters. The van der Waals surface area contributed by atoms with E-state index < -0.39 is 4.92 Å². The third-order valence-electron chi connectivity index (χ3n) is 4.38. The Bertz CT molecular complexity index is 1170. The van der Waals surface area contributed by atoms with Crippen molar-refractivity contribution in [2.24, 2.45) is 5.16 Å². The Kier molecular flexibility index (Phi) is 8.94. The SMILES string of the molecule is CCOc1cc(/C=N\OCc2cccc([N+](=O)[O-])c2)c(Br)cc1OCc1ccc(Cl)cc1Cl. The lowest BCUT2D eigenvalue weighted by Gasteiger charge is -2.14. The van der Waals surface area contributed by atoms with Crippen LogP contribution in [0, 0.1) is 10.1 Å². The maximum absolute atomic E-state index is 10.9. The van der Waals surface area contributed by atoms with Crippen LogP contribution in [0.15, 0.2) is 64.2 Å². The van der Waals surface area contributed by atoms with Gasteiger partial charge in [-0.15, -0.1) is 0 Å². The van der Waals surface area contributed by atoms with E-state index in [-0.39, 0.29) is 18.9 Å². The predicted molar refractivity (Wildman–Crippen MR) is 132 cm³/mol. The van der Waals surface area contributed by atoms with Gasteiger partial charge in [0.2, 0.25) is 0 Å². The molecule has 3 aromatic rings. The van der Waals surface area contributed by atoms with Gasteiger partial charge in [-0.05, 0) is 52.7 Å². The van der Waals surface area contributed by atoms with Crippen LogP contribution >= 0.6 is 39.1 Å². The summed E-state index contributed by atoms with van der Waals surface area (Å²) in [6, 6.07) is 14.9. The zero-order chi connectivity index (χ0) is 23.8. The summed E-state index contributed by atoms with van der Waals surface area (Å²) in [5, 5.41) is 15.9. The molecule has 0 spiro atoms. The summed E-state index contributed by atoms with van der Waals surface area (Å²) in [7, 11) is 0. The number of nitro benzene ring substituents is 1. The molecule has 7 nitrogen and oxygen atoms in total. The Morgan fingerprint density at radius 3 is 2.58 bits per heavy atom. The first-order valence-electron chi connectivity index (χ1n) is 9.79. The molecule has 3 aromatic carbocycles. The van der Waals surface area contributed by atoms with Gasteiger partial charge in [0.05, 0.1) is 17.7 Å². The van der Waals surface area contributed by atoms with Crippen LogP contribution in [0.4, 0.5) is 5.69 Å². The molecule has 0 fully saturated rings. The first-order chi connectivity index (χ1) is 15.9. The minimum absolute atomic E-state index is 0.000318. The number of hydrogen-bond donors (Lipinski definition) is 0. The van der Waals surface area contributed by atoms with Crippen molar-refractivity contribution < 1.29 is 19.2 Å². The largest absolute Gasteiger partial charge is 0.490 e. The van der Waals surface area contributed by atoms with Crippen molar-refractivity contribution in [1.82, 2.24) is 0 Å². The number of rotatable bonds is 10.